The van der Waals surface area contributed by atoms with Gasteiger partial charge in [0.15, 0.2) is 0 Å². The van der Waals surface area contributed by atoms with Crippen LogP contribution in [0.1, 0.15) is 17.2 Å². The van der Waals surface area contributed by atoms with Crippen molar-refractivity contribution in [2.75, 3.05) is 27.4 Å². The largest absolute Gasteiger partial charge is 0.507 e. The Labute approximate surface area is 167 Å². The number of ketones is 1. The molecule has 1 amide bonds. The summed E-state index contributed by atoms with van der Waals surface area (Å²) in [6.45, 7) is 0.480. The molecule has 146 valence electrons. The first-order valence-electron chi connectivity index (χ1n) is 8.65. The number of aliphatic hydroxyl groups excluding tert-OH is 1. The van der Waals surface area contributed by atoms with Crippen molar-refractivity contribution in [3.63, 3.8) is 0 Å². The van der Waals surface area contributed by atoms with E-state index < -0.39 is 17.7 Å². The molecule has 1 atom stereocenters. The molecule has 1 heterocycles. The van der Waals surface area contributed by atoms with Crippen molar-refractivity contribution in [3.8, 4) is 5.75 Å². The van der Waals surface area contributed by atoms with Crippen LogP contribution in [0.2, 0.25) is 5.02 Å². The molecule has 1 fully saturated rings. The van der Waals surface area contributed by atoms with Crippen molar-refractivity contribution in [1.29, 1.82) is 0 Å². The zero-order valence-corrected chi connectivity index (χ0v) is 16.3. The topological polar surface area (TPSA) is 76.1 Å². The van der Waals surface area contributed by atoms with Gasteiger partial charge in [0.1, 0.15) is 11.5 Å². The SMILES string of the molecule is COCCN1C(=O)C(=O)/C(=C(/O)c2ccc(OC)cc2)C1c1ccc(Cl)cc1. The number of likely N-dealkylation sites (tertiary alicyclic amines) is 1. The van der Waals surface area contributed by atoms with Crippen LogP contribution >= 0.6 is 11.6 Å². The molecule has 0 spiro atoms. The molecule has 0 saturated carbocycles. The molecule has 3 rings (SSSR count). The number of ether oxygens (including phenoxy) is 2. The molecule has 0 bridgehead atoms. The van der Waals surface area contributed by atoms with E-state index in [1.165, 1.54) is 19.1 Å². The number of benzene rings is 2. The molecule has 1 unspecified atom stereocenters. The summed E-state index contributed by atoms with van der Waals surface area (Å²) in [5.41, 5.74) is 1.13. The third kappa shape index (κ3) is 3.74. The van der Waals surface area contributed by atoms with Gasteiger partial charge in [0.25, 0.3) is 11.7 Å². The Hall–Kier alpha value is -2.83. The molecule has 2 aromatic carbocycles. The predicted molar refractivity (Wildman–Crippen MR) is 105 cm³/mol. The lowest BCUT2D eigenvalue weighted by Crippen LogP contribution is -2.32. The number of carbonyl (C=O) groups excluding carboxylic acids is 2. The van der Waals surface area contributed by atoms with E-state index in [-0.39, 0.29) is 24.5 Å². The van der Waals surface area contributed by atoms with E-state index in [2.05, 4.69) is 0 Å². The lowest BCUT2D eigenvalue weighted by atomic mass is 9.95. The van der Waals surface area contributed by atoms with Gasteiger partial charge in [-0.1, -0.05) is 23.7 Å². The van der Waals surface area contributed by atoms with Crippen LogP contribution < -0.4 is 4.74 Å². The molecular weight excluding hydrogens is 382 g/mol. The van der Waals surface area contributed by atoms with E-state index in [4.69, 9.17) is 21.1 Å². The number of Topliss-reactive ketones (excluding diaryl/α,β-unsaturated/α-hetero) is 1. The first-order valence-corrected chi connectivity index (χ1v) is 9.03. The number of hydrogen-bond acceptors (Lipinski definition) is 5. The molecule has 6 nitrogen and oxygen atoms in total. The van der Waals surface area contributed by atoms with Crippen molar-refractivity contribution in [2.45, 2.75) is 6.04 Å². The molecule has 0 aromatic heterocycles. The molecule has 1 N–H and O–H groups in total. The Morgan fingerprint density at radius 1 is 1.07 bits per heavy atom. The summed E-state index contributed by atoms with van der Waals surface area (Å²) in [7, 11) is 3.06. The van der Waals surface area contributed by atoms with Gasteiger partial charge in [-0.25, -0.2) is 0 Å². The average Bonchev–Trinajstić information content (AvgIpc) is 2.97. The Kier molecular flexibility index (Phi) is 6.02. The Morgan fingerprint density at radius 2 is 1.71 bits per heavy atom. The lowest BCUT2D eigenvalue weighted by Gasteiger charge is -2.25. The molecule has 2 aromatic rings. The van der Waals surface area contributed by atoms with Crippen molar-refractivity contribution in [2.24, 2.45) is 0 Å². The highest BCUT2D eigenvalue weighted by molar-refractivity contribution is 6.46. The Bertz CT molecular complexity index is 905. The normalized spacial score (nSPS) is 18.5. The van der Waals surface area contributed by atoms with Crippen molar-refractivity contribution in [3.05, 3.63) is 70.3 Å². The second-order valence-electron chi connectivity index (χ2n) is 6.27. The number of methoxy groups -OCH3 is 2. The lowest BCUT2D eigenvalue weighted by molar-refractivity contribution is -0.140. The highest BCUT2D eigenvalue weighted by Crippen LogP contribution is 2.39. The van der Waals surface area contributed by atoms with Crippen LogP contribution in [0, 0.1) is 0 Å². The van der Waals surface area contributed by atoms with Gasteiger partial charge in [-0.15, -0.1) is 0 Å². The summed E-state index contributed by atoms with van der Waals surface area (Å²) in [6, 6.07) is 12.7. The van der Waals surface area contributed by atoms with Gasteiger partial charge in [0, 0.05) is 24.2 Å². The van der Waals surface area contributed by atoms with Crippen molar-refractivity contribution >= 4 is 29.1 Å². The number of nitrogens with zero attached hydrogens (tertiary/aromatic N) is 1. The monoisotopic (exact) mass is 401 g/mol. The maximum Gasteiger partial charge on any atom is 0.295 e. The minimum absolute atomic E-state index is 0.0357. The van der Waals surface area contributed by atoms with Gasteiger partial charge in [-0.2, -0.15) is 0 Å². The fourth-order valence-electron chi connectivity index (χ4n) is 3.20. The third-order valence-corrected chi connectivity index (χ3v) is 4.88. The van der Waals surface area contributed by atoms with Gasteiger partial charge in [-0.3, -0.25) is 9.59 Å². The fourth-order valence-corrected chi connectivity index (χ4v) is 3.32. The van der Waals surface area contributed by atoms with Gasteiger partial charge in [-0.05, 0) is 42.0 Å². The van der Waals surface area contributed by atoms with Gasteiger partial charge in [0.05, 0.1) is 25.3 Å². The minimum Gasteiger partial charge on any atom is -0.507 e. The van der Waals surface area contributed by atoms with Crippen LogP contribution in [0.5, 0.6) is 5.75 Å². The number of aliphatic hydroxyl groups is 1. The van der Waals surface area contributed by atoms with E-state index in [1.54, 1.807) is 48.5 Å². The van der Waals surface area contributed by atoms with Crippen molar-refractivity contribution < 1.29 is 24.2 Å². The molecule has 7 heteroatoms. The summed E-state index contributed by atoms with van der Waals surface area (Å²) in [6.07, 6.45) is 0. The third-order valence-electron chi connectivity index (χ3n) is 4.63. The second kappa shape index (κ2) is 8.46. The van der Waals surface area contributed by atoms with E-state index in [0.717, 1.165) is 0 Å². The summed E-state index contributed by atoms with van der Waals surface area (Å²) in [5, 5.41) is 11.4. The number of hydrogen-bond donors (Lipinski definition) is 1. The van der Waals surface area contributed by atoms with E-state index >= 15 is 0 Å². The zero-order chi connectivity index (χ0) is 20.3. The fraction of sp³-hybridized carbons (Fsp3) is 0.238. The van der Waals surface area contributed by atoms with Crippen LogP contribution in [0.3, 0.4) is 0 Å². The number of amides is 1. The molecular formula is C21H20ClNO5. The average molecular weight is 402 g/mol. The summed E-state index contributed by atoms with van der Waals surface area (Å²) >= 11 is 5.98. The minimum atomic E-state index is -0.732. The smallest absolute Gasteiger partial charge is 0.295 e. The number of rotatable bonds is 6. The molecule has 0 aliphatic carbocycles. The Morgan fingerprint density at radius 3 is 2.29 bits per heavy atom. The summed E-state index contributed by atoms with van der Waals surface area (Å²) in [5.74, 6) is -1.02. The van der Waals surface area contributed by atoms with E-state index in [9.17, 15) is 14.7 Å². The zero-order valence-electron chi connectivity index (χ0n) is 15.5. The molecule has 1 aliphatic heterocycles. The van der Waals surface area contributed by atoms with Gasteiger partial charge >= 0.3 is 0 Å². The maximum absolute atomic E-state index is 12.8. The van der Waals surface area contributed by atoms with Crippen LogP contribution in [0.25, 0.3) is 5.76 Å². The van der Waals surface area contributed by atoms with Crippen LogP contribution in [0.4, 0.5) is 0 Å². The first kappa shape index (κ1) is 19.9. The highest BCUT2D eigenvalue weighted by atomic mass is 35.5. The summed E-state index contributed by atoms with van der Waals surface area (Å²) < 4.78 is 10.2. The van der Waals surface area contributed by atoms with Gasteiger partial charge in [0.2, 0.25) is 0 Å². The van der Waals surface area contributed by atoms with Gasteiger partial charge < -0.3 is 19.5 Å². The van der Waals surface area contributed by atoms with E-state index in [0.29, 0.717) is 21.9 Å². The Balaban J connectivity index is 2.12. The van der Waals surface area contributed by atoms with E-state index in [1.807, 2.05) is 0 Å². The number of halogens is 1. The molecule has 1 aliphatic rings. The molecule has 28 heavy (non-hydrogen) atoms. The quantitative estimate of drug-likeness (QED) is 0.456. The number of carbonyl (C=O) groups is 2. The second-order valence-corrected chi connectivity index (χ2v) is 6.70. The highest BCUT2D eigenvalue weighted by Gasteiger charge is 2.45. The standard InChI is InChI=1S/C21H20ClNO5/c1-27-12-11-23-18(13-3-7-15(22)8-4-13)17(20(25)21(23)26)19(24)14-5-9-16(28-2)10-6-14/h3-10,18,24H,11-12H2,1-2H3/b19-17+. The van der Waals surface area contributed by atoms with Crippen LogP contribution in [0.15, 0.2) is 54.1 Å². The van der Waals surface area contributed by atoms with Crippen LogP contribution in [-0.2, 0) is 14.3 Å². The summed E-state index contributed by atoms with van der Waals surface area (Å²) in [4.78, 5) is 26.8. The molecule has 0 radical (unpaired) electrons. The molecule has 1 saturated heterocycles. The first-order chi connectivity index (χ1) is 13.5. The van der Waals surface area contributed by atoms with Crippen LogP contribution in [-0.4, -0.2) is 49.1 Å². The predicted octanol–water partition coefficient (Wildman–Crippen LogP) is 3.42. The van der Waals surface area contributed by atoms with Crippen molar-refractivity contribution in [1.82, 2.24) is 4.90 Å². The maximum atomic E-state index is 12.8.